The minimum Gasteiger partial charge on any atom is -0.332 e. The van der Waals surface area contributed by atoms with E-state index in [-0.39, 0.29) is 0 Å². The molecule has 3 N–H and O–H groups in total. The lowest BCUT2D eigenvalue weighted by atomic mass is 10.3. The minimum atomic E-state index is 1.10. The van der Waals surface area contributed by atoms with Crippen molar-refractivity contribution in [1.29, 1.82) is 0 Å². The third-order valence-corrected chi connectivity index (χ3v) is 0.669. The Morgan fingerprint density at radius 2 is 2.43 bits per heavy atom. The molecule has 2 heteroatoms. The summed E-state index contributed by atoms with van der Waals surface area (Å²) in [4.78, 5) is 0. The number of nitrogens with one attached hydrogen (secondary N) is 1. The molecular weight excluding hydrogens is 88.1 g/mol. The van der Waals surface area contributed by atoms with E-state index in [0.717, 1.165) is 6.42 Å². The number of hydrazine groups is 1. The van der Waals surface area contributed by atoms with Crippen LogP contribution in [0.3, 0.4) is 0 Å². The van der Waals surface area contributed by atoms with Crippen molar-refractivity contribution >= 4 is 0 Å². The maximum atomic E-state index is 4.93. The van der Waals surface area contributed by atoms with Crippen molar-refractivity contribution in [2.24, 2.45) is 5.84 Å². The summed E-state index contributed by atoms with van der Waals surface area (Å²) in [5.74, 6) is 4.93. The van der Waals surface area contributed by atoms with E-state index in [0.29, 0.717) is 0 Å². The predicted molar refractivity (Wildman–Crippen MR) is 31.4 cm³/mol. The SMILES string of the molecule is CCC/C=C\NN. The van der Waals surface area contributed by atoms with E-state index < -0.39 is 0 Å². The Labute approximate surface area is 44.4 Å². The molecule has 0 rings (SSSR count). The Morgan fingerprint density at radius 3 is 2.86 bits per heavy atom. The van der Waals surface area contributed by atoms with Crippen molar-refractivity contribution in [2.75, 3.05) is 0 Å². The molecule has 0 atom stereocenters. The topological polar surface area (TPSA) is 38.0 Å². The normalized spacial score (nSPS) is 10.0. The molecular formula is C5H12N2. The van der Waals surface area contributed by atoms with Gasteiger partial charge in [-0.25, -0.2) is 0 Å². The second-order valence-corrected chi connectivity index (χ2v) is 1.36. The first kappa shape index (κ1) is 6.50. The first-order valence-electron chi connectivity index (χ1n) is 2.53. The van der Waals surface area contributed by atoms with E-state index in [1.807, 2.05) is 6.08 Å². The Bertz CT molecular complexity index is 50.0. The molecule has 0 spiro atoms. The van der Waals surface area contributed by atoms with Crippen LogP contribution < -0.4 is 11.3 Å². The molecule has 0 aromatic heterocycles. The largest absolute Gasteiger partial charge is 0.332 e. The fraction of sp³-hybridized carbons (Fsp3) is 0.600. The van der Waals surface area contributed by atoms with Crippen molar-refractivity contribution in [3.05, 3.63) is 12.3 Å². The van der Waals surface area contributed by atoms with E-state index in [9.17, 15) is 0 Å². The van der Waals surface area contributed by atoms with Crippen LogP contribution in [-0.4, -0.2) is 0 Å². The molecule has 0 radical (unpaired) electrons. The molecule has 0 unspecified atom stereocenters. The van der Waals surface area contributed by atoms with Crippen molar-refractivity contribution < 1.29 is 0 Å². The molecule has 0 amide bonds. The van der Waals surface area contributed by atoms with Gasteiger partial charge in [0.15, 0.2) is 0 Å². The van der Waals surface area contributed by atoms with Crippen molar-refractivity contribution in [2.45, 2.75) is 19.8 Å². The molecule has 0 aromatic carbocycles. The van der Waals surface area contributed by atoms with Crippen LogP contribution in [0, 0.1) is 0 Å². The zero-order valence-corrected chi connectivity index (χ0v) is 4.65. The Hall–Kier alpha value is -0.500. The summed E-state index contributed by atoms with van der Waals surface area (Å²) >= 11 is 0. The summed E-state index contributed by atoms with van der Waals surface area (Å²) in [6, 6.07) is 0. The molecule has 0 saturated carbocycles. The van der Waals surface area contributed by atoms with Gasteiger partial charge < -0.3 is 5.43 Å². The number of unbranched alkanes of at least 4 members (excludes halogenated alkanes) is 1. The van der Waals surface area contributed by atoms with Crippen LogP contribution >= 0.6 is 0 Å². The van der Waals surface area contributed by atoms with E-state index in [1.165, 1.54) is 6.42 Å². The first-order chi connectivity index (χ1) is 3.41. The van der Waals surface area contributed by atoms with Gasteiger partial charge in [0.05, 0.1) is 0 Å². The molecule has 0 heterocycles. The summed E-state index contributed by atoms with van der Waals surface area (Å²) in [6.07, 6.45) is 6.02. The van der Waals surface area contributed by atoms with Gasteiger partial charge in [-0.2, -0.15) is 0 Å². The van der Waals surface area contributed by atoms with Crippen LogP contribution in [0.15, 0.2) is 12.3 Å². The van der Waals surface area contributed by atoms with Gasteiger partial charge in [0.25, 0.3) is 0 Å². The predicted octanol–water partition coefficient (Wildman–Crippen LogP) is 0.764. The number of hydrogen-bond acceptors (Lipinski definition) is 2. The van der Waals surface area contributed by atoms with Gasteiger partial charge in [-0.15, -0.1) is 0 Å². The van der Waals surface area contributed by atoms with Crippen LogP contribution in [0.25, 0.3) is 0 Å². The molecule has 0 bridgehead atoms. The average Bonchev–Trinajstić information content (AvgIpc) is 1.69. The highest BCUT2D eigenvalue weighted by Crippen LogP contribution is 1.84. The van der Waals surface area contributed by atoms with Gasteiger partial charge in [-0.05, 0) is 6.42 Å². The maximum absolute atomic E-state index is 4.93. The lowest BCUT2D eigenvalue weighted by Gasteiger charge is -1.83. The zero-order valence-electron chi connectivity index (χ0n) is 4.65. The standard InChI is InChI=1S/C5H12N2/c1-2-3-4-5-7-6/h4-5,7H,2-3,6H2,1H3/b5-4-. The molecule has 0 fully saturated rings. The molecule has 0 aromatic rings. The highest BCUT2D eigenvalue weighted by atomic mass is 15.2. The van der Waals surface area contributed by atoms with Crippen molar-refractivity contribution in [3.63, 3.8) is 0 Å². The number of allylic oxidation sites excluding steroid dienone is 1. The molecule has 0 aliphatic carbocycles. The third kappa shape index (κ3) is 5.50. The summed E-state index contributed by atoms with van der Waals surface area (Å²) in [5.41, 5.74) is 2.42. The smallest absolute Gasteiger partial charge is 0.00826 e. The molecule has 0 aliphatic heterocycles. The average molecular weight is 100 g/mol. The fourth-order valence-corrected chi connectivity index (χ4v) is 0.318. The van der Waals surface area contributed by atoms with Gasteiger partial charge in [-0.3, -0.25) is 5.84 Å². The Kier molecular flexibility index (Phi) is 5.11. The van der Waals surface area contributed by atoms with Gasteiger partial charge in [0, 0.05) is 6.20 Å². The van der Waals surface area contributed by atoms with Gasteiger partial charge >= 0.3 is 0 Å². The third-order valence-electron chi connectivity index (χ3n) is 0.669. The highest BCUT2D eigenvalue weighted by molar-refractivity contribution is 4.75. The van der Waals surface area contributed by atoms with Gasteiger partial charge in [-0.1, -0.05) is 19.4 Å². The van der Waals surface area contributed by atoms with E-state index in [1.54, 1.807) is 6.20 Å². The van der Waals surface area contributed by atoms with Crippen LogP contribution in [0.4, 0.5) is 0 Å². The lowest BCUT2D eigenvalue weighted by Crippen LogP contribution is -2.12. The molecule has 2 nitrogen and oxygen atoms in total. The maximum Gasteiger partial charge on any atom is 0.00826 e. The molecule has 0 aliphatic rings. The second-order valence-electron chi connectivity index (χ2n) is 1.36. The van der Waals surface area contributed by atoms with E-state index in [2.05, 4.69) is 12.3 Å². The minimum absolute atomic E-state index is 1.10. The van der Waals surface area contributed by atoms with Gasteiger partial charge in [0.2, 0.25) is 0 Å². The number of nitrogens with two attached hydrogens (primary N) is 1. The lowest BCUT2D eigenvalue weighted by molar-refractivity contribution is 0.916. The van der Waals surface area contributed by atoms with Gasteiger partial charge in [0.1, 0.15) is 0 Å². The van der Waals surface area contributed by atoms with Crippen LogP contribution in [0.5, 0.6) is 0 Å². The summed E-state index contributed by atoms with van der Waals surface area (Å²) in [6.45, 7) is 2.13. The van der Waals surface area contributed by atoms with Crippen LogP contribution in [0.2, 0.25) is 0 Å². The number of hydrogen-bond donors (Lipinski definition) is 2. The first-order valence-corrected chi connectivity index (χ1v) is 2.53. The summed E-state index contributed by atoms with van der Waals surface area (Å²) in [7, 11) is 0. The van der Waals surface area contributed by atoms with Crippen molar-refractivity contribution in [3.8, 4) is 0 Å². The second kappa shape index (κ2) is 5.50. The quantitative estimate of drug-likeness (QED) is 0.406. The highest BCUT2D eigenvalue weighted by Gasteiger charge is 1.67. The number of rotatable bonds is 3. The van der Waals surface area contributed by atoms with Crippen LogP contribution in [0.1, 0.15) is 19.8 Å². The monoisotopic (exact) mass is 100 g/mol. The molecule has 7 heavy (non-hydrogen) atoms. The Balaban J connectivity index is 2.78. The van der Waals surface area contributed by atoms with E-state index >= 15 is 0 Å². The molecule has 42 valence electrons. The Morgan fingerprint density at radius 1 is 1.71 bits per heavy atom. The van der Waals surface area contributed by atoms with Crippen molar-refractivity contribution in [1.82, 2.24) is 5.43 Å². The van der Waals surface area contributed by atoms with E-state index in [4.69, 9.17) is 5.84 Å². The summed E-state index contributed by atoms with van der Waals surface area (Å²) < 4.78 is 0. The molecule has 0 saturated heterocycles. The summed E-state index contributed by atoms with van der Waals surface area (Å²) in [5, 5.41) is 0. The van der Waals surface area contributed by atoms with Crippen LogP contribution in [-0.2, 0) is 0 Å². The zero-order chi connectivity index (χ0) is 5.54. The fourth-order valence-electron chi connectivity index (χ4n) is 0.318.